The van der Waals surface area contributed by atoms with Crippen molar-refractivity contribution in [2.24, 2.45) is 5.92 Å². The van der Waals surface area contributed by atoms with Crippen LogP contribution in [0.4, 0.5) is 0 Å². The molecule has 0 bridgehead atoms. The van der Waals surface area contributed by atoms with E-state index in [9.17, 15) is 0 Å². The van der Waals surface area contributed by atoms with Crippen LogP contribution in [0.3, 0.4) is 0 Å². The average Bonchev–Trinajstić information content (AvgIpc) is 2.35. The maximum Gasteiger partial charge on any atom is 0.0258 e. The van der Waals surface area contributed by atoms with Gasteiger partial charge in [-0.2, -0.15) is 0 Å². The Balaban J connectivity index is 0.000000500. The van der Waals surface area contributed by atoms with E-state index in [0.29, 0.717) is 0 Å². The molecule has 9 heavy (non-hydrogen) atoms. The molecule has 2 rings (SSSR count). The molecule has 2 atom stereocenters. The van der Waals surface area contributed by atoms with Crippen LogP contribution in [-0.4, -0.2) is 37.6 Å². The van der Waals surface area contributed by atoms with Gasteiger partial charge in [-0.3, -0.25) is 0 Å². The topological polar surface area (TPSA) is 15.3 Å². The normalized spacial score (nSPS) is 43.7. The van der Waals surface area contributed by atoms with E-state index in [-0.39, 0.29) is 1.43 Å². The first-order valence-corrected chi connectivity index (χ1v) is 3.79. The Kier molecular flexibility index (Phi) is 1.24. The highest BCUT2D eigenvalue weighted by Crippen LogP contribution is 2.24. The Morgan fingerprint density at radius 3 is 3.22 bits per heavy atom. The van der Waals surface area contributed by atoms with E-state index < -0.39 is 0 Å². The van der Waals surface area contributed by atoms with Gasteiger partial charge in [-0.25, -0.2) is 0 Å². The monoisotopic (exact) mass is 128 g/mol. The van der Waals surface area contributed by atoms with E-state index in [0.717, 1.165) is 12.0 Å². The minimum atomic E-state index is 0. The summed E-state index contributed by atoms with van der Waals surface area (Å²) in [6.45, 7) is 3.80. The van der Waals surface area contributed by atoms with Gasteiger partial charge in [0.05, 0.1) is 0 Å². The zero-order valence-electron chi connectivity index (χ0n) is 5.93. The van der Waals surface area contributed by atoms with E-state index in [1.54, 1.807) is 0 Å². The third-order valence-corrected chi connectivity index (χ3v) is 2.72. The van der Waals surface area contributed by atoms with Crippen molar-refractivity contribution >= 4 is 0 Å². The summed E-state index contributed by atoms with van der Waals surface area (Å²) in [5.41, 5.74) is 0. The zero-order valence-corrected chi connectivity index (χ0v) is 5.93. The lowest BCUT2D eigenvalue weighted by Gasteiger charge is -2.16. The minimum Gasteiger partial charge on any atom is -0.315 e. The van der Waals surface area contributed by atoms with Gasteiger partial charge in [0, 0.05) is 14.0 Å². The molecule has 2 aliphatic heterocycles. The molecule has 0 saturated carbocycles. The average molecular weight is 128 g/mol. The van der Waals surface area contributed by atoms with Gasteiger partial charge in [-0.1, -0.05) is 0 Å². The molecule has 2 heteroatoms. The molecule has 0 radical (unpaired) electrons. The van der Waals surface area contributed by atoms with Crippen LogP contribution in [0.25, 0.3) is 0 Å². The Labute approximate surface area is 57.7 Å². The molecule has 1 N–H and O–H groups in total. The van der Waals surface area contributed by atoms with E-state index in [2.05, 4.69) is 17.3 Å². The maximum absolute atomic E-state index is 3.41. The van der Waals surface area contributed by atoms with Crippen molar-refractivity contribution in [3.63, 3.8) is 0 Å². The minimum absolute atomic E-state index is 0. The van der Waals surface area contributed by atoms with Crippen molar-refractivity contribution in [3.8, 4) is 0 Å². The fourth-order valence-electron chi connectivity index (χ4n) is 2.06. The third-order valence-electron chi connectivity index (χ3n) is 2.72. The first-order valence-electron chi connectivity index (χ1n) is 3.79. The first-order chi connectivity index (χ1) is 4.38. The zero-order chi connectivity index (χ0) is 6.27. The van der Waals surface area contributed by atoms with Crippen LogP contribution in [0.5, 0.6) is 0 Å². The van der Waals surface area contributed by atoms with Gasteiger partial charge in [0.15, 0.2) is 0 Å². The molecule has 2 nitrogen and oxygen atoms in total. The predicted molar refractivity (Wildman–Crippen MR) is 39.5 cm³/mol. The van der Waals surface area contributed by atoms with Crippen LogP contribution in [-0.2, 0) is 0 Å². The Morgan fingerprint density at radius 1 is 1.56 bits per heavy atom. The SMILES string of the molecule is CN1CC[C@@H]2CNC[C@@H]21.[HH]. The van der Waals surface area contributed by atoms with Gasteiger partial charge >= 0.3 is 0 Å². The molecular formula is C7H16N2. The van der Waals surface area contributed by atoms with Crippen LogP contribution in [0.15, 0.2) is 0 Å². The van der Waals surface area contributed by atoms with Crippen LogP contribution >= 0.6 is 0 Å². The molecule has 0 spiro atoms. The molecule has 0 amide bonds. The first kappa shape index (κ1) is 5.69. The Bertz CT molecular complexity index is 118. The van der Waals surface area contributed by atoms with E-state index in [1.165, 1.54) is 26.1 Å². The van der Waals surface area contributed by atoms with Crippen molar-refractivity contribution < 1.29 is 1.43 Å². The lowest BCUT2D eigenvalue weighted by Crippen LogP contribution is -2.30. The second kappa shape index (κ2) is 1.96. The quantitative estimate of drug-likeness (QED) is 0.500. The van der Waals surface area contributed by atoms with Gasteiger partial charge in [0.1, 0.15) is 0 Å². The summed E-state index contributed by atoms with van der Waals surface area (Å²) in [7, 11) is 2.23. The fraction of sp³-hybridized carbons (Fsp3) is 1.00. The molecule has 2 aliphatic rings. The molecule has 0 aliphatic carbocycles. The Morgan fingerprint density at radius 2 is 2.44 bits per heavy atom. The summed E-state index contributed by atoms with van der Waals surface area (Å²) in [4.78, 5) is 2.48. The summed E-state index contributed by atoms with van der Waals surface area (Å²) >= 11 is 0. The third kappa shape index (κ3) is 0.775. The lowest BCUT2D eigenvalue weighted by atomic mass is 10.1. The van der Waals surface area contributed by atoms with Crippen molar-refractivity contribution in [2.45, 2.75) is 12.5 Å². The van der Waals surface area contributed by atoms with Crippen LogP contribution in [0, 0.1) is 5.92 Å². The molecule has 0 aromatic heterocycles. The summed E-state index contributed by atoms with van der Waals surface area (Å²) in [5, 5.41) is 3.41. The number of rotatable bonds is 0. The van der Waals surface area contributed by atoms with E-state index in [1.807, 2.05) is 0 Å². The second-order valence-corrected chi connectivity index (χ2v) is 3.25. The number of likely N-dealkylation sites (tertiary alicyclic amines) is 1. The summed E-state index contributed by atoms with van der Waals surface area (Å²) in [6.07, 6.45) is 1.41. The van der Waals surface area contributed by atoms with Crippen molar-refractivity contribution in [2.75, 3.05) is 26.7 Å². The molecule has 54 valence electrons. The molecular weight excluding hydrogens is 112 g/mol. The largest absolute Gasteiger partial charge is 0.315 e. The smallest absolute Gasteiger partial charge is 0.0258 e. The van der Waals surface area contributed by atoms with Gasteiger partial charge in [0.25, 0.3) is 0 Å². The molecule has 0 aromatic carbocycles. The number of likely N-dealkylation sites (N-methyl/N-ethyl adjacent to an activating group) is 1. The van der Waals surface area contributed by atoms with E-state index >= 15 is 0 Å². The number of hydrogen-bond acceptors (Lipinski definition) is 2. The highest BCUT2D eigenvalue weighted by atomic mass is 15.2. The molecule has 0 aromatic rings. The highest BCUT2D eigenvalue weighted by Gasteiger charge is 2.34. The van der Waals surface area contributed by atoms with Crippen LogP contribution in [0.2, 0.25) is 0 Å². The summed E-state index contributed by atoms with van der Waals surface area (Å²) in [6, 6.07) is 0.866. The summed E-state index contributed by atoms with van der Waals surface area (Å²) in [5.74, 6) is 0.968. The molecule has 2 saturated heterocycles. The van der Waals surface area contributed by atoms with Gasteiger partial charge in [-0.15, -0.1) is 0 Å². The van der Waals surface area contributed by atoms with E-state index in [4.69, 9.17) is 0 Å². The number of nitrogens with zero attached hydrogens (tertiary/aromatic N) is 1. The lowest BCUT2D eigenvalue weighted by molar-refractivity contribution is 0.308. The van der Waals surface area contributed by atoms with Crippen LogP contribution in [0.1, 0.15) is 7.85 Å². The van der Waals surface area contributed by atoms with Crippen molar-refractivity contribution in [3.05, 3.63) is 0 Å². The maximum atomic E-state index is 3.41. The second-order valence-electron chi connectivity index (χ2n) is 3.25. The number of hydrogen-bond donors (Lipinski definition) is 1. The molecule has 0 unspecified atom stereocenters. The van der Waals surface area contributed by atoms with Crippen LogP contribution < -0.4 is 5.32 Å². The van der Waals surface area contributed by atoms with Crippen molar-refractivity contribution in [1.82, 2.24) is 10.2 Å². The molecule has 2 heterocycles. The number of nitrogens with one attached hydrogen (secondary N) is 1. The fourth-order valence-corrected chi connectivity index (χ4v) is 2.06. The van der Waals surface area contributed by atoms with Gasteiger partial charge in [-0.05, 0) is 32.5 Å². The predicted octanol–water partition coefficient (Wildman–Crippen LogP) is 0.156. The molecule has 2 fully saturated rings. The highest BCUT2D eigenvalue weighted by molar-refractivity contribution is 4.92. The summed E-state index contributed by atoms with van der Waals surface area (Å²) < 4.78 is 0. The Hall–Kier alpha value is -0.0800. The number of fused-ring (bicyclic) bond motifs is 1. The standard InChI is InChI=1S/C7H14N2.H2/c1-9-3-2-6-4-8-5-7(6)9;/h6-8H,2-5H2,1H3;1H/t6-,7+;/m1./s1. The van der Waals surface area contributed by atoms with Crippen molar-refractivity contribution in [1.29, 1.82) is 0 Å². The van der Waals surface area contributed by atoms with Gasteiger partial charge < -0.3 is 10.2 Å². The van der Waals surface area contributed by atoms with Gasteiger partial charge in [0.2, 0.25) is 0 Å².